The van der Waals surface area contributed by atoms with Gasteiger partial charge in [0.05, 0.1) is 12.2 Å². The fourth-order valence-corrected chi connectivity index (χ4v) is 3.59. The molecule has 2 saturated heterocycles. The second-order valence-corrected chi connectivity index (χ2v) is 5.87. The largest absolute Gasteiger partial charge is 0.378 e. The minimum absolute atomic E-state index is 0.0394. The van der Waals surface area contributed by atoms with Crippen molar-refractivity contribution in [3.8, 4) is 0 Å². The Morgan fingerprint density at radius 1 is 1.35 bits per heavy atom. The molecule has 2 aliphatic rings. The van der Waals surface area contributed by atoms with Gasteiger partial charge in [0.15, 0.2) is 0 Å². The van der Waals surface area contributed by atoms with Gasteiger partial charge in [0.25, 0.3) is 0 Å². The lowest BCUT2D eigenvalue weighted by Crippen LogP contribution is -2.43. The van der Waals surface area contributed by atoms with Crippen molar-refractivity contribution in [2.45, 2.75) is 30.9 Å². The predicted octanol–water partition coefficient (Wildman–Crippen LogP) is 2.67. The highest BCUT2D eigenvalue weighted by atomic mass is 19.1. The molecule has 3 nitrogen and oxygen atoms in total. The number of ether oxygens (including phenoxy) is 2. The van der Waals surface area contributed by atoms with Gasteiger partial charge in [-0.3, -0.25) is 0 Å². The van der Waals surface area contributed by atoms with Crippen molar-refractivity contribution in [3.05, 3.63) is 35.6 Å². The summed E-state index contributed by atoms with van der Waals surface area (Å²) < 4.78 is 25.5. The van der Waals surface area contributed by atoms with E-state index < -0.39 is 0 Å². The van der Waals surface area contributed by atoms with Gasteiger partial charge in [-0.15, -0.1) is 0 Å². The monoisotopic (exact) mass is 279 g/mol. The highest BCUT2D eigenvalue weighted by Gasteiger charge is 2.43. The van der Waals surface area contributed by atoms with Crippen molar-refractivity contribution in [3.63, 3.8) is 0 Å². The molecule has 20 heavy (non-hydrogen) atoms. The maximum absolute atomic E-state index is 14.1. The summed E-state index contributed by atoms with van der Waals surface area (Å²) in [6.07, 6.45) is 2.85. The zero-order chi connectivity index (χ0) is 14.0. The van der Waals surface area contributed by atoms with Gasteiger partial charge in [0.1, 0.15) is 5.82 Å². The first-order valence-corrected chi connectivity index (χ1v) is 7.37. The Hall–Kier alpha value is -0.970. The van der Waals surface area contributed by atoms with Gasteiger partial charge in [-0.05, 0) is 31.9 Å². The molecule has 3 atom stereocenters. The molecule has 1 spiro atoms. The zero-order valence-electron chi connectivity index (χ0n) is 11.9. The van der Waals surface area contributed by atoms with Crippen molar-refractivity contribution in [2.24, 2.45) is 5.92 Å². The van der Waals surface area contributed by atoms with Crippen LogP contribution in [0.25, 0.3) is 0 Å². The molecule has 1 aromatic carbocycles. The molecule has 1 N–H and O–H groups in total. The third-order valence-electron chi connectivity index (χ3n) is 4.62. The lowest BCUT2D eigenvalue weighted by molar-refractivity contribution is -0.103. The Bertz CT molecular complexity index is 460. The molecule has 0 bridgehead atoms. The summed E-state index contributed by atoms with van der Waals surface area (Å²) in [6, 6.07) is 7.09. The van der Waals surface area contributed by atoms with Gasteiger partial charge < -0.3 is 14.8 Å². The number of hydrogen-bond donors (Lipinski definition) is 1. The highest BCUT2D eigenvalue weighted by Crippen LogP contribution is 2.41. The number of benzene rings is 1. The predicted molar refractivity (Wildman–Crippen MR) is 75.0 cm³/mol. The maximum Gasteiger partial charge on any atom is 0.127 e. The van der Waals surface area contributed by atoms with Gasteiger partial charge in [-0.2, -0.15) is 0 Å². The summed E-state index contributed by atoms with van der Waals surface area (Å²) in [6.45, 7) is 2.19. The van der Waals surface area contributed by atoms with Crippen LogP contribution in [-0.2, 0) is 9.47 Å². The second kappa shape index (κ2) is 5.80. The molecule has 2 heterocycles. The first kappa shape index (κ1) is 14.0. The van der Waals surface area contributed by atoms with Crippen LogP contribution in [0.2, 0.25) is 0 Å². The molecule has 0 aromatic heterocycles. The van der Waals surface area contributed by atoms with E-state index in [1.165, 1.54) is 6.07 Å². The molecule has 0 radical (unpaired) electrons. The minimum Gasteiger partial charge on any atom is -0.378 e. The number of nitrogens with one attached hydrogen (secondary N) is 1. The molecule has 1 aromatic rings. The van der Waals surface area contributed by atoms with Crippen LogP contribution < -0.4 is 5.32 Å². The molecule has 0 saturated carbocycles. The van der Waals surface area contributed by atoms with E-state index >= 15 is 0 Å². The first-order chi connectivity index (χ1) is 9.74. The summed E-state index contributed by atoms with van der Waals surface area (Å²) in [5.41, 5.74) is 0.625. The SMILES string of the molecule is CNC(c1ccccc1F)C1CCOC2(CCOC2)C1. The van der Waals surface area contributed by atoms with E-state index in [9.17, 15) is 4.39 Å². The van der Waals surface area contributed by atoms with Crippen molar-refractivity contribution >= 4 is 0 Å². The summed E-state index contributed by atoms with van der Waals surface area (Å²) in [5.74, 6) is 0.252. The van der Waals surface area contributed by atoms with Gasteiger partial charge in [0, 0.05) is 31.2 Å². The standard InChI is InChI=1S/C16H22FNO2/c1-18-15(13-4-2-3-5-14(13)17)12-6-8-20-16(10-12)7-9-19-11-16/h2-5,12,15,18H,6-11H2,1H3. The molecule has 4 heteroatoms. The summed E-state index contributed by atoms with van der Waals surface area (Å²) in [5, 5.41) is 3.30. The van der Waals surface area contributed by atoms with Crippen molar-refractivity contribution in [2.75, 3.05) is 26.9 Å². The first-order valence-electron chi connectivity index (χ1n) is 7.37. The van der Waals surface area contributed by atoms with Crippen LogP contribution in [0.4, 0.5) is 4.39 Å². The third-order valence-corrected chi connectivity index (χ3v) is 4.62. The summed E-state index contributed by atoms with van der Waals surface area (Å²) in [4.78, 5) is 0. The van der Waals surface area contributed by atoms with E-state index in [1.54, 1.807) is 6.07 Å². The molecule has 110 valence electrons. The van der Waals surface area contributed by atoms with E-state index in [0.29, 0.717) is 12.5 Å². The van der Waals surface area contributed by atoms with E-state index in [2.05, 4.69) is 5.32 Å². The minimum atomic E-state index is -0.136. The van der Waals surface area contributed by atoms with Crippen LogP contribution in [0.5, 0.6) is 0 Å². The quantitative estimate of drug-likeness (QED) is 0.922. The highest BCUT2D eigenvalue weighted by molar-refractivity contribution is 5.22. The Balaban J connectivity index is 1.81. The molecule has 3 rings (SSSR count). The van der Waals surface area contributed by atoms with Crippen LogP contribution in [-0.4, -0.2) is 32.5 Å². The summed E-state index contributed by atoms with van der Waals surface area (Å²) >= 11 is 0. The molecule has 2 aliphatic heterocycles. The van der Waals surface area contributed by atoms with Crippen molar-refractivity contribution in [1.82, 2.24) is 5.32 Å². The Labute approximate surface area is 119 Å². The fourth-order valence-electron chi connectivity index (χ4n) is 3.59. The number of hydrogen-bond acceptors (Lipinski definition) is 3. The normalized spacial score (nSPS) is 31.6. The van der Waals surface area contributed by atoms with Crippen LogP contribution >= 0.6 is 0 Å². The van der Waals surface area contributed by atoms with Crippen molar-refractivity contribution in [1.29, 1.82) is 0 Å². The molecule has 0 aliphatic carbocycles. The van der Waals surface area contributed by atoms with Gasteiger partial charge >= 0.3 is 0 Å². The van der Waals surface area contributed by atoms with Gasteiger partial charge in [-0.25, -0.2) is 4.39 Å². The summed E-state index contributed by atoms with van der Waals surface area (Å²) in [7, 11) is 1.91. The average molecular weight is 279 g/mol. The van der Waals surface area contributed by atoms with E-state index in [4.69, 9.17) is 9.47 Å². The molecule has 0 amide bonds. The van der Waals surface area contributed by atoms with Crippen molar-refractivity contribution < 1.29 is 13.9 Å². The Kier molecular flexibility index (Phi) is 4.06. The van der Waals surface area contributed by atoms with Crippen LogP contribution in [0.3, 0.4) is 0 Å². The lowest BCUT2D eigenvalue weighted by Gasteiger charge is -2.40. The van der Waals surface area contributed by atoms with Gasteiger partial charge in [-0.1, -0.05) is 18.2 Å². The number of halogens is 1. The Morgan fingerprint density at radius 3 is 2.90 bits per heavy atom. The van der Waals surface area contributed by atoms with Crippen LogP contribution in [0, 0.1) is 11.7 Å². The molecular formula is C16H22FNO2. The topological polar surface area (TPSA) is 30.5 Å². The van der Waals surface area contributed by atoms with Crippen LogP contribution in [0.1, 0.15) is 30.9 Å². The van der Waals surface area contributed by atoms with E-state index in [1.807, 2.05) is 19.2 Å². The maximum atomic E-state index is 14.1. The van der Waals surface area contributed by atoms with E-state index in [0.717, 1.165) is 38.0 Å². The smallest absolute Gasteiger partial charge is 0.127 e. The average Bonchev–Trinajstić information content (AvgIpc) is 2.90. The molecule has 2 fully saturated rings. The second-order valence-electron chi connectivity index (χ2n) is 5.87. The van der Waals surface area contributed by atoms with Gasteiger partial charge in [0.2, 0.25) is 0 Å². The molecule has 3 unspecified atom stereocenters. The lowest BCUT2D eigenvalue weighted by atomic mass is 9.79. The fraction of sp³-hybridized carbons (Fsp3) is 0.625. The molecular weight excluding hydrogens is 257 g/mol. The Morgan fingerprint density at radius 2 is 2.20 bits per heavy atom. The zero-order valence-corrected chi connectivity index (χ0v) is 11.9. The van der Waals surface area contributed by atoms with Crippen LogP contribution in [0.15, 0.2) is 24.3 Å². The third kappa shape index (κ3) is 2.60. The number of rotatable bonds is 3. The van der Waals surface area contributed by atoms with E-state index in [-0.39, 0.29) is 17.5 Å².